The number of carbonyl (C=O) groups excluding carboxylic acids is 1. The largest absolute Gasteiger partial charge is 0.481 e. The molecule has 6 heteroatoms. The number of nitrogens with zero attached hydrogens (tertiary/aromatic N) is 1. The summed E-state index contributed by atoms with van der Waals surface area (Å²) in [7, 11) is 1.54. The van der Waals surface area contributed by atoms with Crippen LogP contribution in [0.15, 0.2) is 36.5 Å². The van der Waals surface area contributed by atoms with E-state index in [1.807, 2.05) is 0 Å². The molecule has 0 radical (unpaired) electrons. The lowest BCUT2D eigenvalue weighted by Gasteiger charge is -2.08. The molecule has 0 aliphatic rings. The van der Waals surface area contributed by atoms with Gasteiger partial charge in [0.05, 0.1) is 12.7 Å². The Bertz CT molecular complexity index is 632. The molecule has 5 nitrogen and oxygen atoms in total. The molecular weight excluding hydrogens is 278 g/mol. The number of anilines is 1. The Labute approximate surface area is 121 Å². The van der Waals surface area contributed by atoms with Crippen molar-refractivity contribution in [3.63, 3.8) is 0 Å². The van der Waals surface area contributed by atoms with Crippen LogP contribution in [0.25, 0.3) is 0 Å². The van der Waals surface area contributed by atoms with Crippen molar-refractivity contribution < 1.29 is 9.53 Å². The Hall–Kier alpha value is -2.27. The first-order valence-corrected chi connectivity index (χ1v) is 6.30. The second-order valence-corrected chi connectivity index (χ2v) is 4.56. The zero-order valence-corrected chi connectivity index (χ0v) is 11.6. The third kappa shape index (κ3) is 3.39. The molecule has 1 heterocycles. The van der Waals surface area contributed by atoms with E-state index in [9.17, 15) is 4.79 Å². The number of methoxy groups -OCH3 is 1. The summed E-state index contributed by atoms with van der Waals surface area (Å²) in [6.07, 6.45) is 1.62. The number of ether oxygens (including phenoxy) is 1. The normalized spacial score (nSPS) is 10.1. The number of pyridine rings is 1. The summed E-state index contributed by atoms with van der Waals surface area (Å²) in [6, 6.07) is 8.33. The number of halogens is 1. The van der Waals surface area contributed by atoms with Crippen molar-refractivity contribution in [2.75, 3.05) is 12.8 Å². The van der Waals surface area contributed by atoms with Gasteiger partial charge < -0.3 is 15.8 Å². The predicted octanol–water partition coefficient (Wildman–Crippen LogP) is 2.26. The zero-order chi connectivity index (χ0) is 14.5. The summed E-state index contributed by atoms with van der Waals surface area (Å²) >= 11 is 5.86. The minimum Gasteiger partial charge on any atom is -0.481 e. The highest BCUT2D eigenvalue weighted by molar-refractivity contribution is 6.31. The quantitative estimate of drug-likeness (QED) is 0.847. The number of nitrogen functional groups attached to an aromatic ring is 1. The van der Waals surface area contributed by atoms with Gasteiger partial charge in [0.15, 0.2) is 0 Å². The van der Waals surface area contributed by atoms with Crippen LogP contribution in [0.1, 0.15) is 15.9 Å². The van der Waals surface area contributed by atoms with E-state index >= 15 is 0 Å². The van der Waals surface area contributed by atoms with Crippen molar-refractivity contribution in [2.24, 2.45) is 0 Å². The molecule has 0 unspecified atom stereocenters. The van der Waals surface area contributed by atoms with Crippen molar-refractivity contribution >= 4 is 23.2 Å². The Kier molecular flexibility index (Phi) is 4.42. The Balaban J connectivity index is 2.06. The molecule has 3 N–H and O–H groups in total. The summed E-state index contributed by atoms with van der Waals surface area (Å²) in [6.45, 7) is 0.351. The highest BCUT2D eigenvalue weighted by Crippen LogP contribution is 2.18. The van der Waals surface area contributed by atoms with E-state index in [1.54, 1.807) is 36.5 Å². The van der Waals surface area contributed by atoms with Gasteiger partial charge in [-0.1, -0.05) is 11.6 Å². The van der Waals surface area contributed by atoms with E-state index in [0.717, 1.165) is 5.56 Å². The molecule has 2 rings (SSSR count). The zero-order valence-electron chi connectivity index (χ0n) is 10.9. The van der Waals surface area contributed by atoms with E-state index in [1.165, 1.54) is 7.11 Å². The molecule has 20 heavy (non-hydrogen) atoms. The molecule has 2 aromatic rings. The number of aromatic nitrogens is 1. The third-order valence-corrected chi connectivity index (χ3v) is 2.96. The molecule has 0 fully saturated rings. The number of nitrogens with two attached hydrogens (primary N) is 1. The number of hydrogen-bond acceptors (Lipinski definition) is 4. The molecule has 1 aromatic heterocycles. The van der Waals surface area contributed by atoms with Gasteiger partial charge in [0, 0.05) is 29.5 Å². The summed E-state index contributed by atoms with van der Waals surface area (Å²) in [4.78, 5) is 16.0. The number of amides is 1. The predicted molar refractivity (Wildman–Crippen MR) is 77.8 cm³/mol. The SMILES string of the molecule is COc1cc(CNC(=O)c2cc(Cl)ccc2N)ccn1. The van der Waals surface area contributed by atoms with Gasteiger partial charge in [-0.25, -0.2) is 4.98 Å². The Morgan fingerprint density at radius 1 is 1.40 bits per heavy atom. The lowest BCUT2D eigenvalue weighted by Crippen LogP contribution is -2.23. The Morgan fingerprint density at radius 2 is 2.20 bits per heavy atom. The minimum atomic E-state index is -0.277. The smallest absolute Gasteiger partial charge is 0.253 e. The topological polar surface area (TPSA) is 77.2 Å². The highest BCUT2D eigenvalue weighted by atomic mass is 35.5. The van der Waals surface area contributed by atoms with Gasteiger partial charge in [-0.3, -0.25) is 4.79 Å². The van der Waals surface area contributed by atoms with Gasteiger partial charge in [0.2, 0.25) is 5.88 Å². The van der Waals surface area contributed by atoms with Gasteiger partial charge >= 0.3 is 0 Å². The van der Waals surface area contributed by atoms with E-state index in [4.69, 9.17) is 22.1 Å². The van der Waals surface area contributed by atoms with Crippen LogP contribution >= 0.6 is 11.6 Å². The fourth-order valence-electron chi connectivity index (χ4n) is 1.67. The van der Waals surface area contributed by atoms with Crippen LogP contribution in [0.5, 0.6) is 5.88 Å². The molecule has 1 aromatic carbocycles. The van der Waals surface area contributed by atoms with E-state index in [2.05, 4.69) is 10.3 Å². The van der Waals surface area contributed by atoms with Crippen LogP contribution in [0, 0.1) is 0 Å². The second kappa shape index (κ2) is 6.25. The van der Waals surface area contributed by atoms with E-state index in [0.29, 0.717) is 28.7 Å². The summed E-state index contributed by atoms with van der Waals surface area (Å²) < 4.78 is 5.02. The maximum absolute atomic E-state index is 12.0. The van der Waals surface area contributed by atoms with E-state index < -0.39 is 0 Å². The lowest BCUT2D eigenvalue weighted by molar-refractivity contribution is 0.0951. The molecule has 104 valence electrons. The van der Waals surface area contributed by atoms with Crippen LogP contribution in [-0.2, 0) is 6.54 Å². The van der Waals surface area contributed by atoms with Crippen LogP contribution in [0.4, 0.5) is 5.69 Å². The molecule has 0 atom stereocenters. The molecular formula is C14H14ClN3O2. The summed E-state index contributed by atoms with van der Waals surface area (Å²) in [5, 5.41) is 3.24. The monoisotopic (exact) mass is 291 g/mol. The molecule has 0 spiro atoms. The second-order valence-electron chi connectivity index (χ2n) is 4.12. The first-order valence-electron chi connectivity index (χ1n) is 5.92. The van der Waals surface area contributed by atoms with Crippen molar-refractivity contribution in [2.45, 2.75) is 6.54 Å². The standard InChI is InChI=1S/C14H14ClN3O2/c1-20-13-6-9(4-5-17-13)8-18-14(19)11-7-10(15)2-3-12(11)16/h2-7H,8,16H2,1H3,(H,18,19). The number of benzene rings is 1. The number of hydrogen-bond donors (Lipinski definition) is 2. The van der Waals surface area contributed by atoms with Crippen LogP contribution < -0.4 is 15.8 Å². The van der Waals surface area contributed by atoms with E-state index in [-0.39, 0.29) is 5.91 Å². The first kappa shape index (κ1) is 14.1. The van der Waals surface area contributed by atoms with Crippen molar-refractivity contribution in [1.82, 2.24) is 10.3 Å². The number of rotatable bonds is 4. The fraction of sp³-hybridized carbons (Fsp3) is 0.143. The maximum Gasteiger partial charge on any atom is 0.253 e. The third-order valence-electron chi connectivity index (χ3n) is 2.72. The van der Waals surface area contributed by atoms with Gasteiger partial charge in [0.25, 0.3) is 5.91 Å². The highest BCUT2D eigenvalue weighted by Gasteiger charge is 2.10. The van der Waals surface area contributed by atoms with Gasteiger partial charge in [0.1, 0.15) is 0 Å². The average Bonchev–Trinajstić information content (AvgIpc) is 2.47. The summed E-state index contributed by atoms with van der Waals surface area (Å²) in [5.74, 6) is 0.222. The van der Waals surface area contributed by atoms with Gasteiger partial charge in [-0.05, 0) is 29.8 Å². The number of carbonyl (C=O) groups is 1. The van der Waals surface area contributed by atoms with Crippen molar-refractivity contribution in [3.05, 3.63) is 52.7 Å². The average molecular weight is 292 g/mol. The molecule has 0 aliphatic carbocycles. The molecule has 0 saturated heterocycles. The first-order chi connectivity index (χ1) is 9.60. The summed E-state index contributed by atoms with van der Waals surface area (Å²) in [5.41, 5.74) is 7.38. The minimum absolute atomic E-state index is 0.277. The molecule has 1 amide bonds. The molecule has 0 aliphatic heterocycles. The maximum atomic E-state index is 12.0. The number of nitrogens with one attached hydrogen (secondary N) is 1. The lowest BCUT2D eigenvalue weighted by atomic mass is 10.1. The van der Waals surface area contributed by atoms with Crippen molar-refractivity contribution in [3.8, 4) is 5.88 Å². The molecule has 0 saturated carbocycles. The van der Waals surface area contributed by atoms with Crippen LogP contribution in [0.2, 0.25) is 5.02 Å². The van der Waals surface area contributed by atoms with Crippen LogP contribution in [0.3, 0.4) is 0 Å². The molecule has 0 bridgehead atoms. The van der Waals surface area contributed by atoms with Crippen molar-refractivity contribution in [1.29, 1.82) is 0 Å². The van der Waals surface area contributed by atoms with Gasteiger partial charge in [-0.2, -0.15) is 0 Å². The fourth-order valence-corrected chi connectivity index (χ4v) is 1.85. The van der Waals surface area contributed by atoms with Crippen LogP contribution in [-0.4, -0.2) is 18.0 Å². The Morgan fingerprint density at radius 3 is 2.95 bits per heavy atom. The van der Waals surface area contributed by atoms with Gasteiger partial charge in [-0.15, -0.1) is 0 Å².